The third kappa shape index (κ3) is 5.30. The van der Waals surface area contributed by atoms with E-state index in [1.165, 1.54) is 4.90 Å². The van der Waals surface area contributed by atoms with Gasteiger partial charge < -0.3 is 14.4 Å². The summed E-state index contributed by atoms with van der Waals surface area (Å²) in [5.74, 6) is -0.0310. The summed E-state index contributed by atoms with van der Waals surface area (Å²) in [5.41, 5.74) is -0.533. The molecule has 17 heavy (non-hydrogen) atoms. The summed E-state index contributed by atoms with van der Waals surface area (Å²) < 4.78 is 33.1. The first-order chi connectivity index (χ1) is 7.78. The fraction of sp³-hybridized carbons (Fsp3) is 0.909. The van der Waals surface area contributed by atoms with Crippen LogP contribution in [0.15, 0.2) is 0 Å². The average Bonchev–Trinajstić information content (AvgIpc) is 2.60. The molecule has 0 bridgehead atoms. The number of carbonyl (C=O) groups is 1. The van der Waals surface area contributed by atoms with Gasteiger partial charge in [-0.05, 0) is 27.2 Å². The lowest BCUT2D eigenvalue weighted by atomic mass is 10.1. The molecular formula is C11H19F2NO3. The zero-order valence-electron chi connectivity index (χ0n) is 10.4. The van der Waals surface area contributed by atoms with Gasteiger partial charge in [-0.1, -0.05) is 0 Å². The Morgan fingerprint density at radius 2 is 2.12 bits per heavy atom. The van der Waals surface area contributed by atoms with Crippen molar-refractivity contribution in [2.24, 2.45) is 5.92 Å². The topological polar surface area (TPSA) is 38.8 Å². The van der Waals surface area contributed by atoms with Crippen molar-refractivity contribution in [2.75, 3.05) is 19.7 Å². The Morgan fingerprint density at radius 1 is 1.47 bits per heavy atom. The second-order valence-corrected chi connectivity index (χ2v) is 5.18. The Bertz CT molecular complexity index is 266. The number of alkyl halides is 2. The molecule has 0 aromatic carbocycles. The summed E-state index contributed by atoms with van der Waals surface area (Å²) in [6.07, 6.45) is 0.281. The van der Waals surface area contributed by atoms with E-state index >= 15 is 0 Å². The van der Waals surface area contributed by atoms with Crippen molar-refractivity contribution in [2.45, 2.75) is 39.4 Å². The number of carbonyl (C=O) groups excluding carboxylic acids is 1. The van der Waals surface area contributed by atoms with Crippen LogP contribution in [0.1, 0.15) is 27.2 Å². The van der Waals surface area contributed by atoms with Crippen LogP contribution in [0.25, 0.3) is 0 Å². The molecule has 1 aliphatic heterocycles. The lowest BCUT2D eigenvalue weighted by Crippen LogP contribution is -2.35. The van der Waals surface area contributed by atoms with E-state index in [1.54, 1.807) is 20.8 Å². The molecule has 1 rings (SSSR count). The van der Waals surface area contributed by atoms with E-state index in [-0.39, 0.29) is 12.5 Å². The highest BCUT2D eigenvalue weighted by atomic mass is 19.3. The zero-order chi connectivity index (χ0) is 13.1. The molecule has 100 valence electrons. The normalized spacial score (nSPS) is 21.1. The van der Waals surface area contributed by atoms with Gasteiger partial charge in [0.15, 0.2) is 0 Å². The molecule has 1 atom stereocenters. The van der Waals surface area contributed by atoms with Gasteiger partial charge in [-0.3, -0.25) is 0 Å². The maximum Gasteiger partial charge on any atom is 0.410 e. The smallest absolute Gasteiger partial charge is 0.410 e. The molecule has 0 spiro atoms. The molecule has 0 saturated carbocycles. The van der Waals surface area contributed by atoms with E-state index in [0.29, 0.717) is 19.5 Å². The van der Waals surface area contributed by atoms with Gasteiger partial charge in [0.05, 0.1) is 6.61 Å². The minimum absolute atomic E-state index is 0.0169. The molecule has 0 aromatic heterocycles. The number of hydrogen-bond donors (Lipinski definition) is 0. The Labute approximate surface area is 99.9 Å². The van der Waals surface area contributed by atoms with Gasteiger partial charge in [-0.25, -0.2) is 4.79 Å². The first-order valence-electron chi connectivity index (χ1n) is 5.65. The van der Waals surface area contributed by atoms with Gasteiger partial charge in [0.25, 0.3) is 0 Å². The summed E-state index contributed by atoms with van der Waals surface area (Å²) >= 11 is 0. The SMILES string of the molecule is CC(C)(C)OC(=O)N1CC[C@@H](COC(F)F)C1. The monoisotopic (exact) mass is 251 g/mol. The number of nitrogens with zero attached hydrogens (tertiary/aromatic N) is 1. The third-order valence-corrected chi connectivity index (χ3v) is 2.40. The van der Waals surface area contributed by atoms with Gasteiger partial charge in [0.2, 0.25) is 0 Å². The maximum atomic E-state index is 11.8. The van der Waals surface area contributed by atoms with E-state index in [9.17, 15) is 13.6 Å². The Kier molecular flexibility index (Phi) is 4.68. The van der Waals surface area contributed by atoms with Crippen molar-refractivity contribution in [3.05, 3.63) is 0 Å². The molecule has 1 saturated heterocycles. The van der Waals surface area contributed by atoms with Gasteiger partial charge in [0, 0.05) is 19.0 Å². The van der Waals surface area contributed by atoms with Gasteiger partial charge in [-0.2, -0.15) is 8.78 Å². The Morgan fingerprint density at radius 3 is 2.65 bits per heavy atom. The van der Waals surface area contributed by atoms with E-state index < -0.39 is 18.3 Å². The second kappa shape index (κ2) is 5.62. The van der Waals surface area contributed by atoms with Crippen LogP contribution in [-0.4, -0.2) is 42.9 Å². The molecule has 4 nitrogen and oxygen atoms in total. The fourth-order valence-corrected chi connectivity index (χ4v) is 1.67. The summed E-state index contributed by atoms with van der Waals surface area (Å²) in [5, 5.41) is 0. The van der Waals surface area contributed by atoms with Crippen molar-refractivity contribution < 1.29 is 23.0 Å². The van der Waals surface area contributed by atoms with Crippen molar-refractivity contribution >= 4 is 6.09 Å². The van der Waals surface area contributed by atoms with Crippen LogP contribution in [0.2, 0.25) is 0 Å². The number of likely N-dealkylation sites (tertiary alicyclic amines) is 1. The number of ether oxygens (including phenoxy) is 2. The zero-order valence-corrected chi connectivity index (χ0v) is 10.4. The highest BCUT2D eigenvalue weighted by Crippen LogP contribution is 2.20. The van der Waals surface area contributed by atoms with Gasteiger partial charge >= 0.3 is 12.7 Å². The highest BCUT2D eigenvalue weighted by molar-refractivity contribution is 5.68. The van der Waals surface area contributed by atoms with Crippen molar-refractivity contribution in [3.8, 4) is 0 Å². The highest BCUT2D eigenvalue weighted by Gasteiger charge is 2.30. The average molecular weight is 251 g/mol. The Balaban J connectivity index is 2.32. The van der Waals surface area contributed by atoms with Crippen LogP contribution in [0.5, 0.6) is 0 Å². The lowest BCUT2D eigenvalue weighted by molar-refractivity contribution is -0.137. The predicted molar refractivity (Wildman–Crippen MR) is 57.9 cm³/mol. The van der Waals surface area contributed by atoms with Crippen molar-refractivity contribution in [3.63, 3.8) is 0 Å². The Hall–Kier alpha value is -0.910. The summed E-state index contributed by atoms with van der Waals surface area (Å²) in [4.78, 5) is 13.2. The molecule has 0 N–H and O–H groups in total. The predicted octanol–water partition coefficient (Wildman–Crippen LogP) is 2.48. The first-order valence-corrected chi connectivity index (χ1v) is 5.65. The summed E-state index contributed by atoms with van der Waals surface area (Å²) in [7, 11) is 0. The van der Waals surface area contributed by atoms with Gasteiger partial charge in [-0.15, -0.1) is 0 Å². The van der Waals surface area contributed by atoms with E-state index in [0.717, 1.165) is 0 Å². The molecular weight excluding hydrogens is 232 g/mol. The van der Waals surface area contributed by atoms with Crippen LogP contribution in [0.4, 0.5) is 13.6 Å². The number of rotatable bonds is 3. The quantitative estimate of drug-likeness (QED) is 0.773. The summed E-state index contributed by atoms with van der Waals surface area (Å²) in [6, 6.07) is 0. The number of halogens is 2. The van der Waals surface area contributed by atoms with Crippen molar-refractivity contribution in [1.82, 2.24) is 4.90 Å². The molecule has 1 fully saturated rings. The van der Waals surface area contributed by atoms with Crippen molar-refractivity contribution in [1.29, 1.82) is 0 Å². The van der Waals surface area contributed by atoms with Crippen LogP contribution >= 0.6 is 0 Å². The standard InChI is InChI=1S/C11H19F2NO3/c1-11(2,3)17-10(15)14-5-4-8(6-14)7-16-9(12)13/h8-9H,4-7H2,1-3H3/t8-/m1/s1. The molecule has 0 unspecified atom stereocenters. The summed E-state index contributed by atoms with van der Waals surface area (Å²) in [6.45, 7) is 3.56. The minimum Gasteiger partial charge on any atom is -0.444 e. The second-order valence-electron chi connectivity index (χ2n) is 5.18. The van der Waals surface area contributed by atoms with E-state index in [4.69, 9.17) is 4.74 Å². The third-order valence-electron chi connectivity index (χ3n) is 2.40. The largest absolute Gasteiger partial charge is 0.444 e. The number of hydrogen-bond acceptors (Lipinski definition) is 3. The van der Waals surface area contributed by atoms with Gasteiger partial charge in [0.1, 0.15) is 5.60 Å². The lowest BCUT2D eigenvalue weighted by Gasteiger charge is -2.24. The molecule has 1 amide bonds. The van der Waals surface area contributed by atoms with Crippen LogP contribution < -0.4 is 0 Å². The first kappa shape index (κ1) is 14.2. The van der Waals surface area contributed by atoms with E-state index in [2.05, 4.69) is 4.74 Å². The molecule has 0 aromatic rings. The molecule has 1 aliphatic rings. The maximum absolute atomic E-state index is 11.8. The van der Waals surface area contributed by atoms with E-state index in [1.807, 2.05) is 0 Å². The molecule has 6 heteroatoms. The van der Waals surface area contributed by atoms with Crippen LogP contribution in [0.3, 0.4) is 0 Å². The van der Waals surface area contributed by atoms with Crippen LogP contribution in [0, 0.1) is 5.92 Å². The molecule has 0 aliphatic carbocycles. The minimum atomic E-state index is -2.74. The molecule has 0 radical (unpaired) electrons. The molecule has 1 heterocycles. The van der Waals surface area contributed by atoms with Crippen LogP contribution in [-0.2, 0) is 9.47 Å². The fourth-order valence-electron chi connectivity index (χ4n) is 1.67. The number of amides is 1.